The largest absolute Gasteiger partial charge is 0.409 e. The lowest BCUT2D eigenvalue weighted by atomic mass is 10.1. The first kappa shape index (κ1) is 12.8. The number of nitrogens with two attached hydrogens (primary N) is 1. The molecule has 0 aromatic heterocycles. The Morgan fingerprint density at radius 3 is 2.89 bits per heavy atom. The van der Waals surface area contributed by atoms with Crippen LogP contribution in [0.4, 0.5) is 4.39 Å². The first-order valence-electron chi connectivity index (χ1n) is 6.11. The van der Waals surface area contributed by atoms with E-state index in [0.717, 1.165) is 11.5 Å². The summed E-state index contributed by atoms with van der Waals surface area (Å²) in [6.45, 7) is 2.72. The first-order valence-corrected chi connectivity index (χ1v) is 6.11. The van der Waals surface area contributed by atoms with Crippen molar-refractivity contribution in [2.45, 2.75) is 32.4 Å². The molecule has 98 valence electrons. The van der Waals surface area contributed by atoms with Crippen molar-refractivity contribution in [3.63, 3.8) is 0 Å². The Bertz CT molecular complexity index is 458. The third-order valence-electron chi connectivity index (χ3n) is 3.32. The Morgan fingerprint density at radius 2 is 2.28 bits per heavy atom. The van der Waals surface area contributed by atoms with Gasteiger partial charge in [-0.1, -0.05) is 5.16 Å². The van der Waals surface area contributed by atoms with Crippen LogP contribution < -0.4 is 11.1 Å². The van der Waals surface area contributed by atoms with Gasteiger partial charge in [0.15, 0.2) is 5.84 Å². The molecule has 1 aromatic rings. The summed E-state index contributed by atoms with van der Waals surface area (Å²) >= 11 is 0. The lowest BCUT2D eigenvalue weighted by Gasteiger charge is -2.13. The summed E-state index contributed by atoms with van der Waals surface area (Å²) in [5, 5.41) is 14.8. The topological polar surface area (TPSA) is 70.6 Å². The van der Waals surface area contributed by atoms with Crippen molar-refractivity contribution in [1.29, 1.82) is 0 Å². The highest BCUT2D eigenvalue weighted by Gasteiger charge is 2.27. The standard InChI is InChI=1S/C13H18FN3O/c1-8(10-2-3-10)16-7-9-4-11(13(15)17-18)6-12(14)5-9/h4-6,8,10,16,18H,2-3,7H2,1H3,(H2,15,17). The Kier molecular flexibility index (Phi) is 3.81. The summed E-state index contributed by atoms with van der Waals surface area (Å²) in [6.07, 6.45) is 2.54. The molecule has 2 rings (SSSR count). The molecule has 0 heterocycles. The second kappa shape index (κ2) is 5.35. The zero-order valence-corrected chi connectivity index (χ0v) is 10.4. The number of nitrogens with zero attached hydrogens (tertiary/aromatic N) is 1. The molecule has 1 saturated carbocycles. The van der Waals surface area contributed by atoms with Crippen molar-refractivity contribution in [2.24, 2.45) is 16.8 Å². The van der Waals surface area contributed by atoms with E-state index in [0.29, 0.717) is 18.2 Å². The lowest BCUT2D eigenvalue weighted by Crippen LogP contribution is -2.27. The van der Waals surface area contributed by atoms with Gasteiger partial charge in [-0.15, -0.1) is 0 Å². The van der Waals surface area contributed by atoms with Crippen molar-refractivity contribution in [3.05, 3.63) is 35.1 Å². The van der Waals surface area contributed by atoms with Gasteiger partial charge in [-0.3, -0.25) is 0 Å². The van der Waals surface area contributed by atoms with Crippen LogP contribution in [-0.4, -0.2) is 17.1 Å². The molecule has 1 atom stereocenters. The predicted octanol–water partition coefficient (Wildman–Crippen LogP) is 1.81. The van der Waals surface area contributed by atoms with E-state index in [-0.39, 0.29) is 11.7 Å². The summed E-state index contributed by atoms with van der Waals surface area (Å²) in [5.74, 6) is 0.295. The number of halogens is 1. The Balaban J connectivity index is 2.05. The van der Waals surface area contributed by atoms with Crippen LogP contribution in [-0.2, 0) is 6.54 Å². The van der Waals surface area contributed by atoms with E-state index < -0.39 is 0 Å². The minimum Gasteiger partial charge on any atom is -0.409 e. The van der Waals surface area contributed by atoms with E-state index in [1.165, 1.54) is 25.0 Å². The average Bonchev–Trinajstić information content (AvgIpc) is 3.18. The molecule has 1 aliphatic rings. The van der Waals surface area contributed by atoms with Gasteiger partial charge in [-0.05, 0) is 49.4 Å². The number of hydrogen-bond acceptors (Lipinski definition) is 3. The van der Waals surface area contributed by atoms with Crippen LogP contribution in [0.15, 0.2) is 23.4 Å². The molecule has 18 heavy (non-hydrogen) atoms. The molecule has 0 radical (unpaired) electrons. The van der Waals surface area contributed by atoms with Crippen LogP contribution in [0.5, 0.6) is 0 Å². The van der Waals surface area contributed by atoms with Gasteiger partial charge < -0.3 is 16.3 Å². The number of rotatable bonds is 5. The van der Waals surface area contributed by atoms with Crippen LogP contribution >= 0.6 is 0 Å². The zero-order valence-electron chi connectivity index (χ0n) is 10.4. The number of benzene rings is 1. The zero-order chi connectivity index (χ0) is 13.1. The minimum atomic E-state index is -0.380. The number of oxime groups is 1. The van der Waals surface area contributed by atoms with Crippen LogP contribution in [0.25, 0.3) is 0 Å². The maximum absolute atomic E-state index is 13.4. The molecule has 4 nitrogen and oxygen atoms in total. The monoisotopic (exact) mass is 251 g/mol. The second-order valence-corrected chi connectivity index (χ2v) is 4.84. The quantitative estimate of drug-likeness (QED) is 0.323. The summed E-state index contributed by atoms with van der Waals surface area (Å²) in [6, 6.07) is 4.88. The summed E-state index contributed by atoms with van der Waals surface area (Å²) in [4.78, 5) is 0. The lowest BCUT2D eigenvalue weighted by molar-refractivity contribution is 0.318. The molecular formula is C13H18FN3O. The van der Waals surface area contributed by atoms with Gasteiger partial charge in [-0.25, -0.2) is 4.39 Å². The van der Waals surface area contributed by atoms with Crippen molar-refractivity contribution in [3.8, 4) is 0 Å². The fourth-order valence-electron chi connectivity index (χ4n) is 2.00. The van der Waals surface area contributed by atoms with Crippen molar-refractivity contribution >= 4 is 5.84 Å². The van der Waals surface area contributed by atoms with Gasteiger partial charge in [-0.2, -0.15) is 0 Å². The van der Waals surface area contributed by atoms with Gasteiger partial charge in [0.25, 0.3) is 0 Å². The van der Waals surface area contributed by atoms with Crippen LogP contribution in [0.3, 0.4) is 0 Å². The first-order chi connectivity index (χ1) is 8.60. The van der Waals surface area contributed by atoms with E-state index >= 15 is 0 Å². The van der Waals surface area contributed by atoms with Crippen LogP contribution in [0.2, 0.25) is 0 Å². The molecule has 0 saturated heterocycles. The highest BCUT2D eigenvalue weighted by molar-refractivity contribution is 5.97. The fourth-order valence-corrected chi connectivity index (χ4v) is 2.00. The van der Waals surface area contributed by atoms with Gasteiger partial charge in [0.2, 0.25) is 0 Å². The van der Waals surface area contributed by atoms with Gasteiger partial charge in [0.1, 0.15) is 5.82 Å². The van der Waals surface area contributed by atoms with E-state index in [1.807, 2.05) is 0 Å². The highest BCUT2D eigenvalue weighted by atomic mass is 19.1. The number of amidine groups is 1. The smallest absolute Gasteiger partial charge is 0.170 e. The maximum atomic E-state index is 13.4. The Morgan fingerprint density at radius 1 is 1.56 bits per heavy atom. The normalized spacial score (nSPS) is 17.8. The van der Waals surface area contributed by atoms with E-state index in [2.05, 4.69) is 17.4 Å². The van der Waals surface area contributed by atoms with E-state index in [1.54, 1.807) is 6.07 Å². The third-order valence-corrected chi connectivity index (χ3v) is 3.32. The molecule has 5 heteroatoms. The van der Waals surface area contributed by atoms with Crippen LogP contribution in [0, 0.1) is 11.7 Å². The molecule has 0 spiro atoms. The maximum Gasteiger partial charge on any atom is 0.170 e. The summed E-state index contributed by atoms with van der Waals surface area (Å²) in [7, 11) is 0. The van der Waals surface area contributed by atoms with Crippen molar-refractivity contribution in [1.82, 2.24) is 5.32 Å². The van der Waals surface area contributed by atoms with E-state index in [4.69, 9.17) is 10.9 Å². The molecular weight excluding hydrogens is 233 g/mol. The van der Waals surface area contributed by atoms with Gasteiger partial charge >= 0.3 is 0 Å². The molecule has 0 amide bonds. The Hall–Kier alpha value is -1.62. The van der Waals surface area contributed by atoms with Crippen LogP contribution in [0.1, 0.15) is 30.9 Å². The number of hydrogen-bond donors (Lipinski definition) is 3. The van der Waals surface area contributed by atoms with Crippen molar-refractivity contribution in [2.75, 3.05) is 0 Å². The molecule has 1 aromatic carbocycles. The molecule has 1 aliphatic carbocycles. The third kappa shape index (κ3) is 3.20. The molecule has 1 unspecified atom stereocenters. The highest BCUT2D eigenvalue weighted by Crippen LogP contribution is 2.32. The fraction of sp³-hybridized carbons (Fsp3) is 0.462. The Labute approximate surface area is 106 Å². The molecule has 0 aliphatic heterocycles. The molecule has 1 fully saturated rings. The summed E-state index contributed by atoms with van der Waals surface area (Å²) in [5.41, 5.74) is 6.65. The van der Waals surface area contributed by atoms with Gasteiger partial charge in [0.05, 0.1) is 0 Å². The minimum absolute atomic E-state index is 0.0778. The average molecular weight is 251 g/mol. The second-order valence-electron chi connectivity index (χ2n) is 4.84. The van der Waals surface area contributed by atoms with Crippen molar-refractivity contribution < 1.29 is 9.60 Å². The SMILES string of the molecule is CC(NCc1cc(F)cc(/C(N)=N/O)c1)C1CC1. The molecule has 0 bridgehead atoms. The van der Waals surface area contributed by atoms with E-state index in [9.17, 15) is 4.39 Å². The van der Waals surface area contributed by atoms with Gasteiger partial charge in [0, 0.05) is 18.2 Å². The summed E-state index contributed by atoms with van der Waals surface area (Å²) < 4.78 is 13.4. The number of nitrogens with one attached hydrogen (secondary N) is 1. The predicted molar refractivity (Wildman–Crippen MR) is 67.9 cm³/mol. The molecule has 4 N–H and O–H groups in total.